The topological polar surface area (TPSA) is 86.5 Å². The van der Waals surface area contributed by atoms with Crippen LogP contribution in [0, 0.1) is 11.3 Å². The third kappa shape index (κ3) is 3.35. The van der Waals surface area contributed by atoms with Crippen LogP contribution in [-0.4, -0.2) is 40.6 Å². The first kappa shape index (κ1) is 18.7. The average Bonchev–Trinajstić information content (AvgIpc) is 3.23. The van der Waals surface area contributed by atoms with Crippen LogP contribution < -0.4 is 20.5 Å². The summed E-state index contributed by atoms with van der Waals surface area (Å²) in [6.45, 7) is 6.55. The Morgan fingerprint density at radius 1 is 1.48 bits per heavy atom. The Balaban J connectivity index is 1.66. The third-order valence-corrected chi connectivity index (χ3v) is 7.66. The number of ether oxygens (including phenoxy) is 2. The molecule has 0 radical (unpaired) electrons. The number of hydrogen-bond acceptors (Lipinski definition) is 5. The highest BCUT2D eigenvalue weighted by atomic mass is 127. The highest BCUT2D eigenvalue weighted by Gasteiger charge is 2.64. The maximum atomic E-state index is 11.8. The van der Waals surface area contributed by atoms with Crippen LogP contribution in [0.3, 0.4) is 0 Å². The van der Waals surface area contributed by atoms with Gasteiger partial charge in [-0.05, 0) is 56.3 Å². The number of pyridine rings is 1. The van der Waals surface area contributed by atoms with E-state index in [0.717, 1.165) is 29.8 Å². The Morgan fingerprint density at radius 3 is 3.00 bits per heavy atom. The lowest BCUT2D eigenvalue weighted by Gasteiger charge is -2.23. The van der Waals surface area contributed by atoms with Gasteiger partial charge in [0, 0.05) is 27.5 Å². The van der Waals surface area contributed by atoms with Gasteiger partial charge >= 0.3 is 0 Å². The number of nitrogens with zero attached hydrogens (tertiary/aromatic N) is 1. The highest BCUT2D eigenvalue weighted by molar-refractivity contribution is 14.1. The first-order chi connectivity index (χ1) is 12.9. The number of carbonyl (C=O) groups excluding carboxylic acids is 1. The molecule has 27 heavy (non-hydrogen) atoms. The molecule has 4 rings (SSSR count). The van der Waals surface area contributed by atoms with Crippen LogP contribution in [0.2, 0.25) is 0 Å². The number of piperidine rings is 1. The summed E-state index contributed by atoms with van der Waals surface area (Å²) in [5, 5.41) is 5.19. The summed E-state index contributed by atoms with van der Waals surface area (Å²) < 4.78 is 12.7. The molecule has 1 unspecified atom stereocenters. The summed E-state index contributed by atoms with van der Waals surface area (Å²) in [4.78, 5) is 16.3. The standard InChI is InChI=1S/C20H24IN3O3/c1-11(2)27-16-8-13-12(7-14(16)18(22)25)3-6-24-19(13)26-10-20-9-23-5-4-15(20)17(20)21/h3,6-8,11,15,17,23H,4-5,9-10H2,1-2H3,(H2,22,25)/t15?,17-,20+/m1/s1. The third-order valence-electron chi connectivity index (χ3n) is 5.55. The number of primary amides is 1. The number of fused-ring (bicyclic) bond motifs is 2. The molecule has 0 spiro atoms. The molecule has 3 atom stereocenters. The molecule has 2 aromatic rings. The summed E-state index contributed by atoms with van der Waals surface area (Å²) in [7, 11) is 0. The SMILES string of the molecule is CC(C)Oc1cc2c(OC[C@@]34CNCCC3[C@H]4I)nccc2cc1C(N)=O. The zero-order valence-electron chi connectivity index (χ0n) is 15.5. The fraction of sp³-hybridized carbons (Fsp3) is 0.500. The maximum Gasteiger partial charge on any atom is 0.252 e. The van der Waals surface area contributed by atoms with E-state index < -0.39 is 5.91 Å². The average molecular weight is 481 g/mol. The molecular formula is C20H24IN3O3. The quantitative estimate of drug-likeness (QED) is 0.490. The van der Waals surface area contributed by atoms with Crippen LogP contribution >= 0.6 is 22.6 Å². The molecule has 6 nitrogen and oxygen atoms in total. The van der Waals surface area contributed by atoms with E-state index in [2.05, 4.69) is 32.9 Å². The second-order valence-corrected chi connectivity index (χ2v) is 9.05. The van der Waals surface area contributed by atoms with Crippen molar-refractivity contribution in [3.63, 3.8) is 0 Å². The minimum Gasteiger partial charge on any atom is -0.490 e. The summed E-state index contributed by atoms with van der Waals surface area (Å²) in [5.74, 6) is 1.26. The largest absolute Gasteiger partial charge is 0.490 e. The summed E-state index contributed by atoms with van der Waals surface area (Å²) in [6.07, 6.45) is 2.84. The van der Waals surface area contributed by atoms with E-state index in [0.29, 0.717) is 27.7 Å². The zero-order valence-corrected chi connectivity index (χ0v) is 17.7. The van der Waals surface area contributed by atoms with Gasteiger partial charge in [0.1, 0.15) is 5.75 Å². The number of halogens is 1. The van der Waals surface area contributed by atoms with Crippen LogP contribution in [0.5, 0.6) is 11.6 Å². The molecule has 144 valence electrons. The van der Waals surface area contributed by atoms with E-state index in [9.17, 15) is 4.79 Å². The molecule has 2 heterocycles. The second kappa shape index (κ2) is 7.09. The van der Waals surface area contributed by atoms with Crippen molar-refractivity contribution < 1.29 is 14.3 Å². The molecule has 3 N–H and O–H groups in total. The highest BCUT2D eigenvalue weighted by Crippen LogP contribution is 2.60. The van der Waals surface area contributed by atoms with E-state index in [4.69, 9.17) is 15.2 Å². The van der Waals surface area contributed by atoms with Crippen molar-refractivity contribution in [2.24, 2.45) is 17.1 Å². The fourth-order valence-corrected chi connectivity index (χ4v) is 5.77. The van der Waals surface area contributed by atoms with Gasteiger partial charge in [-0.1, -0.05) is 22.6 Å². The number of alkyl halides is 1. The van der Waals surface area contributed by atoms with Crippen LogP contribution in [0.15, 0.2) is 24.4 Å². The normalized spacial score (nSPS) is 26.7. The van der Waals surface area contributed by atoms with Gasteiger partial charge in [0.2, 0.25) is 5.88 Å². The molecule has 7 heteroatoms. The molecule has 0 bridgehead atoms. The van der Waals surface area contributed by atoms with Crippen LogP contribution in [0.4, 0.5) is 0 Å². The number of benzene rings is 1. The molecule has 1 saturated heterocycles. The molecule has 1 aliphatic heterocycles. The van der Waals surface area contributed by atoms with Gasteiger partial charge in [0.15, 0.2) is 0 Å². The van der Waals surface area contributed by atoms with Gasteiger partial charge in [-0.3, -0.25) is 4.79 Å². The fourth-order valence-electron chi connectivity index (χ4n) is 4.04. The number of hydrogen-bond donors (Lipinski definition) is 2. The van der Waals surface area contributed by atoms with Crippen LogP contribution in [0.1, 0.15) is 30.6 Å². The predicted octanol–water partition coefficient (Wildman–Crippen LogP) is 2.91. The molecule has 1 amide bonds. The summed E-state index contributed by atoms with van der Waals surface area (Å²) in [6, 6.07) is 5.43. The van der Waals surface area contributed by atoms with Gasteiger partial charge in [0.05, 0.1) is 18.3 Å². The van der Waals surface area contributed by atoms with Crippen molar-refractivity contribution in [1.29, 1.82) is 0 Å². The van der Waals surface area contributed by atoms with Crippen molar-refractivity contribution in [2.75, 3.05) is 19.7 Å². The van der Waals surface area contributed by atoms with Gasteiger partial charge < -0.3 is 20.5 Å². The van der Waals surface area contributed by atoms with Gasteiger partial charge in [-0.15, -0.1) is 0 Å². The van der Waals surface area contributed by atoms with Gasteiger partial charge in [-0.25, -0.2) is 4.98 Å². The molecule has 1 saturated carbocycles. The van der Waals surface area contributed by atoms with Crippen molar-refractivity contribution in [1.82, 2.24) is 10.3 Å². The number of carbonyl (C=O) groups is 1. The van der Waals surface area contributed by atoms with Crippen molar-refractivity contribution in [3.05, 3.63) is 30.0 Å². The van der Waals surface area contributed by atoms with Crippen molar-refractivity contribution >= 4 is 39.3 Å². The zero-order chi connectivity index (χ0) is 19.2. The first-order valence-electron chi connectivity index (χ1n) is 9.29. The monoisotopic (exact) mass is 481 g/mol. The summed E-state index contributed by atoms with van der Waals surface area (Å²) in [5.41, 5.74) is 6.11. The Hall–Kier alpha value is -1.61. The Kier molecular flexibility index (Phi) is 4.92. The number of nitrogens with two attached hydrogens (primary N) is 1. The minimum atomic E-state index is -0.507. The molecule has 1 aromatic heterocycles. The predicted molar refractivity (Wildman–Crippen MR) is 113 cm³/mol. The van der Waals surface area contributed by atoms with Crippen LogP contribution in [-0.2, 0) is 0 Å². The Labute approximate surface area is 172 Å². The lowest BCUT2D eigenvalue weighted by atomic mass is 10.00. The molecule has 2 fully saturated rings. The summed E-state index contributed by atoms with van der Waals surface area (Å²) >= 11 is 2.55. The Bertz CT molecular complexity index is 888. The van der Waals surface area contributed by atoms with E-state index >= 15 is 0 Å². The lowest BCUT2D eigenvalue weighted by molar-refractivity contribution is 0.0994. The van der Waals surface area contributed by atoms with E-state index in [-0.39, 0.29) is 11.5 Å². The minimum absolute atomic E-state index is 0.0687. The van der Waals surface area contributed by atoms with Crippen molar-refractivity contribution in [3.8, 4) is 11.6 Å². The number of rotatable bonds is 6. The first-order valence-corrected chi connectivity index (χ1v) is 10.5. The van der Waals surface area contributed by atoms with Crippen LogP contribution in [0.25, 0.3) is 10.8 Å². The second-order valence-electron chi connectivity index (χ2n) is 7.71. The van der Waals surface area contributed by atoms with Crippen molar-refractivity contribution in [2.45, 2.75) is 30.3 Å². The lowest BCUT2D eigenvalue weighted by Crippen LogP contribution is -2.36. The number of aromatic nitrogens is 1. The number of amides is 1. The molecule has 2 aliphatic rings. The Morgan fingerprint density at radius 2 is 2.30 bits per heavy atom. The maximum absolute atomic E-state index is 11.8. The van der Waals surface area contributed by atoms with Gasteiger partial charge in [-0.2, -0.15) is 0 Å². The molecular weight excluding hydrogens is 457 g/mol. The van der Waals surface area contributed by atoms with E-state index in [1.54, 1.807) is 12.3 Å². The number of nitrogens with one attached hydrogen (secondary N) is 1. The van der Waals surface area contributed by atoms with Gasteiger partial charge in [0.25, 0.3) is 5.91 Å². The molecule has 1 aromatic carbocycles. The van der Waals surface area contributed by atoms with E-state index in [1.807, 2.05) is 26.0 Å². The molecule has 1 aliphatic carbocycles. The smallest absolute Gasteiger partial charge is 0.252 e. The van der Waals surface area contributed by atoms with E-state index in [1.165, 1.54) is 6.42 Å².